The van der Waals surface area contributed by atoms with Gasteiger partial charge in [0, 0.05) is 24.9 Å². The Morgan fingerprint density at radius 3 is 2.92 bits per heavy atom. The summed E-state index contributed by atoms with van der Waals surface area (Å²) >= 11 is 7.10. The molecule has 0 N–H and O–H groups in total. The van der Waals surface area contributed by atoms with Crippen LogP contribution < -0.4 is 0 Å². The van der Waals surface area contributed by atoms with Crippen molar-refractivity contribution in [1.82, 2.24) is 9.80 Å². The molecule has 2 rings (SSSR count). The predicted octanol–water partition coefficient (Wildman–Crippen LogP) is 1.76. The predicted molar refractivity (Wildman–Crippen MR) is 62.0 cm³/mol. The molecule has 0 spiro atoms. The third-order valence-electron chi connectivity index (χ3n) is 2.89. The summed E-state index contributed by atoms with van der Waals surface area (Å²) in [6, 6.07) is 0.758. The first-order valence-electron chi connectivity index (χ1n) is 4.93. The highest BCUT2D eigenvalue weighted by Gasteiger charge is 2.25. The molecule has 0 aromatic carbocycles. The van der Waals surface area contributed by atoms with Crippen molar-refractivity contribution < 1.29 is 0 Å². The van der Waals surface area contributed by atoms with Crippen LogP contribution in [0.25, 0.3) is 0 Å². The Kier molecular flexibility index (Phi) is 3.11. The van der Waals surface area contributed by atoms with Crippen molar-refractivity contribution in [2.24, 2.45) is 0 Å². The van der Waals surface area contributed by atoms with Crippen LogP contribution in [0, 0.1) is 0 Å². The smallest absolute Gasteiger partial charge is 0.137 e. The second kappa shape index (κ2) is 4.15. The minimum absolute atomic E-state index is 0.758. The lowest BCUT2D eigenvalue weighted by Crippen LogP contribution is -2.39. The van der Waals surface area contributed by atoms with Gasteiger partial charge in [-0.3, -0.25) is 4.90 Å². The Morgan fingerprint density at radius 1 is 1.54 bits per heavy atom. The number of thiocarbonyl (C=S) groups is 1. The SMILES string of the molecule is CC1CCCN1CN1CCSC1=S. The molecule has 0 aromatic heterocycles. The van der Waals surface area contributed by atoms with E-state index in [1.54, 1.807) is 0 Å². The van der Waals surface area contributed by atoms with Gasteiger partial charge in [0.05, 0.1) is 6.67 Å². The summed E-state index contributed by atoms with van der Waals surface area (Å²) in [4.78, 5) is 4.88. The summed E-state index contributed by atoms with van der Waals surface area (Å²) in [6.45, 7) is 5.78. The molecule has 0 saturated carbocycles. The maximum absolute atomic E-state index is 5.28. The van der Waals surface area contributed by atoms with Gasteiger partial charge in [0.25, 0.3) is 0 Å². The third-order valence-corrected chi connectivity index (χ3v) is 4.39. The van der Waals surface area contributed by atoms with Crippen LogP contribution in [0.15, 0.2) is 0 Å². The first-order chi connectivity index (χ1) is 6.27. The van der Waals surface area contributed by atoms with Crippen molar-refractivity contribution in [3.8, 4) is 0 Å². The lowest BCUT2D eigenvalue weighted by molar-refractivity contribution is 0.191. The molecule has 1 atom stereocenters. The van der Waals surface area contributed by atoms with Gasteiger partial charge in [0.2, 0.25) is 0 Å². The Bertz CT molecular complexity index is 208. The largest absolute Gasteiger partial charge is 0.344 e. The van der Waals surface area contributed by atoms with Gasteiger partial charge < -0.3 is 4.90 Å². The number of likely N-dealkylation sites (tertiary alicyclic amines) is 1. The van der Waals surface area contributed by atoms with Crippen molar-refractivity contribution in [2.45, 2.75) is 25.8 Å². The molecule has 2 aliphatic heterocycles. The number of rotatable bonds is 2. The van der Waals surface area contributed by atoms with Gasteiger partial charge in [-0.25, -0.2) is 0 Å². The molecule has 0 bridgehead atoms. The molecule has 4 heteroatoms. The fourth-order valence-electron chi connectivity index (χ4n) is 1.98. The van der Waals surface area contributed by atoms with E-state index in [1.807, 2.05) is 11.8 Å². The maximum atomic E-state index is 5.28. The van der Waals surface area contributed by atoms with Gasteiger partial charge in [0.15, 0.2) is 0 Å². The normalized spacial score (nSPS) is 30.4. The molecule has 0 radical (unpaired) electrons. The van der Waals surface area contributed by atoms with E-state index in [-0.39, 0.29) is 0 Å². The summed E-state index contributed by atoms with van der Waals surface area (Å²) in [5.74, 6) is 1.18. The Morgan fingerprint density at radius 2 is 2.38 bits per heavy atom. The zero-order valence-corrected chi connectivity index (χ0v) is 9.66. The molecular formula is C9H16N2S2. The molecule has 2 aliphatic rings. The molecule has 2 saturated heterocycles. The van der Waals surface area contributed by atoms with E-state index in [0.29, 0.717) is 0 Å². The second-order valence-corrected chi connectivity index (χ2v) is 5.55. The average Bonchev–Trinajstić information content (AvgIpc) is 2.65. The van der Waals surface area contributed by atoms with Crippen LogP contribution in [0.5, 0.6) is 0 Å². The van der Waals surface area contributed by atoms with Gasteiger partial charge in [-0.2, -0.15) is 0 Å². The highest BCUT2D eigenvalue weighted by molar-refractivity contribution is 8.23. The van der Waals surface area contributed by atoms with Crippen LogP contribution >= 0.6 is 24.0 Å². The monoisotopic (exact) mass is 216 g/mol. The number of thioether (sulfide) groups is 1. The van der Waals surface area contributed by atoms with Crippen molar-refractivity contribution in [3.63, 3.8) is 0 Å². The van der Waals surface area contributed by atoms with E-state index in [9.17, 15) is 0 Å². The maximum Gasteiger partial charge on any atom is 0.137 e. The molecule has 0 aromatic rings. The Hall–Kier alpha value is 0.200. The van der Waals surface area contributed by atoms with Gasteiger partial charge >= 0.3 is 0 Å². The number of nitrogens with zero attached hydrogens (tertiary/aromatic N) is 2. The molecular weight excluding hydrogens is 200 g/mol. The van der Waals surface area contributed by atoms with E-state index in [1.165, 1.54) is 25.1 Å². The van der Waals surface area contributed by atoms with Crippen LogP contribution in [-0.4, -0.2) is 45.7 Å². The van der Waals surface area contributed by atoms with Gasteiger partial charge in [-0.1, -0.05) is 24.0 Å². The van der Waals surface area contributed by atoms with Crippen molar-refractivity contribution >= 4 is 28.3 Å². The first-order valence-corrected chi connectivity index (χ1v) is 6.32. The zero-order chi connectivity index (χ0) is 9.26. The molecule has 2 nitrogen and oxygen atoms in total. The second-order valence-electron chi connectivity index (χ2n) is 3.82. The molecule has 1 unspecified atom stereocenters. The minimum atomic E-state index is 0.758. The standard InChI is InChI=1S/C9H16N2S2/c1-8-3-2-4-10(8)7-11-5-6-13-9(11)12/h8H,2-7H2,1H3. The summed E-state index contributed by atoms with van der Waals surface area (Å²) < 4.78 is 1.10. The Labute approximate surface area is 89.6 Å². The highest BCUT2D eigenvalue weighted by Crippen LogP contribution is 2.22. The molecule has 2 heterocycles. The van der Waals surface area contributed by atoms with Gasteiger partial charge in [-0.15, -0.1) is 0 Å². The fraction of sp³-hybridized carbons (Fsp3) is 0.889. The van der Waals surface area contributed by atoms with E-state index in [2.05, 4.69) is 16.7 Å². The fourth-order valence-corrected chi connectivity index (χ4v) is 3.19. The van der Waals surface area contributed by atoms with Crippen molar-refractivity contribution in [2.75, 3.05) is 25.5 Å². The van der Waals surface area contributed by atoms with Crippen LogP contribution in [0.3, 0.4) is 0 Å². The first kappa shape index (κ1) is 9.74. The van der Waals surface area contributed by atoms with E-state index in [0.717, 1.165) is 23.6 Å². The number of hydrogen-bond acceptors (Lipinski definition) is 3. The minimum Gasteiger partial charge on any atom is -0.344 e. The summed E-state index contributed by atoms with van der Waals surface area (Å²) in [5, 5.41) is 0. The highest BCUT2D eigenvalue weighted by atomic mass is 32.2. The zero-order valence-electron chi connectivity index (χ0n) is 8.03. The summed E-state index contributed by atoms with van der Waals surface area (Å²) in [7, 11) is 0. The van der Waals surface area contributed by atoms with Crippen molar-refractivity contribution in [1.29, 1.82) is 0 Å². The van der Waals surface area contributed by atoms with Crippen LogP contribution in [0.1, 0.15) is 19.8 Å². The number of hydrogen-bond donors (Lipinski definition) is 0. The van der Waals surface area contributed by atoms with Crippen LogP contribution in [-0.2, 0) is 0 Å². The van der Waals surface area contributed by atoms with E-state index >= 15 is 0 Å². The molecule has 0 amide bonds. The Balaban J connectivity index is 1.86. The quantitative estimate of drug-likeness (QED) is 0.649. The lowest BCUT2D eigenvalue weighted by atomic mass is 10.2. The van der Waals surface area contributed by atoms with Crippen LogP contribution in [0.4, 0.5) is 0 Å². The average molecular weight is 216 g/mol. The lowest BCUT2D eigenvalue weighted by Gasteiger charge is -2.27. The summed E-state index contributed by atoms with van der Waals surface area (Å²) in [6.07, 6.45) is 2.71. The van der Waals surface area contributed by atoms with E-state index in [4.69, 9.17) is 12.2 Å². The van der Waals surface area contributed by atoms with Crippen molar-refractivity contribution in [3.05, 3.63) is 0 Å². The third kappa shape index (κ3) is 2.17. The van der Waals surface area contributed by atoms with Gasteiger partial charge in [0.1, 0.15) is 4.32 Å². The molecule has 74 valence electrons. The van der Waals surface area contributed by atoms with Gasteiger partial charge in [-0.05, 0) is 19.8 Å². The van der Waals surface area contributed by atoms with Crippen LogP contribution in [0.2, 0.25) is 0 Å². The molecule has 2 fully saturated rings. The summed E-state index contributed by atoms with van der Waals surface area (Å²) in [5.41, 5.74) is 0. The molecule has 0 aliphatic carbocycles. The topological polar surface area (TPSA) is 6.48 Å². The van der Waals surface area contributed by atoms with E-state index < -0.39 is 0 Å². The molecule has 13 heavy (non-hydrogen) atoms.